The molecule has 0 radical (unpaired) electrons. The number of halogens is 3. The molecule has 0 aliphatic carbocycles. The molecule has 1 atom stereocenters. The Labute approximate surface area is 184 Å². The lowest BCUT2D eigenvalue weighted by atomic mass is 10.0. The maximum absolute atomic E-state index is 14.6. The Balaban J connectivity index is 1.87. The number of aromatic hydroxyl groups is 1. The maximum atomic E-state index is 14.6. The average Bonchev–Trinajstić information content (AvgIpc) is 2.74. The van der Waals surface area contributed by atoms with Crippen molar-refractivity contribution in [3.8, 4) is 22.6 Å². The van der Waals surface area contributed by atoms with Gasteiger partial charge in [0.2, 0.25) is 0 Å². The summed E-state index contributed by atoms with van der Waals surface area (Å²) in [6.45, 7) is 0.213. The molecule has 1 aliphatic heterocycles. The van der Waals surface area contributed by atoms with E-state index in [0.29, 0.717) is 11.3 Å². The molecule has 4 rings (SSSR count). The highest BCUT2D eigenvalue weighted by Crippen LogP contribution is 2.36. The first kappa shape index (κ1) is 21.3. The Morgan fingerprint density at radius 3 is 2.65 bits per heavy atom. The van der Waals surface area contributed by atoms with Crippen LogP contribution in [0, 0.1) is 11.6 Å². The van der Waals surface area contributed by atoms with Gasteiger partial charge in [0.25, 0.3) is 5.91 Å². The van der Waals surface area contributed by atoms with Crippen molar-refractivity contribution in [2.24, 2.45) is 0 Å². The van der Waals surface area contributed by atoms with E-state index in [0.717, 1.165) is 6.07 Å². The van der Waals surface area contributed by atoms with Crippen molar-refractivity contribution < 1.29 is 27.6 Å². The van der Waals surface area contributed by atoms with E-state index in [4.69, 9.17) is 16.3 Å². The number of hydrogen-bond acceptors (Lipinski definition) is 4. The fourth-order valence-electron chi connectivity index (χ4n) is 3.25. The number of nitrogens with one attached hydrogen (secondary N) is 1. The molecule has 4 bridgehead atoms. The molecule has 9 heteroatoms. The highest BCUT2D eigenvalue weighted by molar-refractivity contribution is 7.84. The van der Waals surface area contributed by atoms with Gasteiger partial charge in [0, 0.05) is 28.3 Å². The lowest BCUT2D eigenvalue weighted by Crippen LogP contribution is -2.28. The van der Waals surface area contributed by atoms with Crippen molar-refractivity contribution in [2.45, 2.75) is 10.6 Å². The lowest BCUT2D eigenvalue weighted by molar-refractivity contribution is 0.0947. The minimum absolute atomic E-state index is 0.0233. The van der Waals surface area contributed by atoms with Gasteiger partial charge in [-0.1, -0.05) is 29.8 Å². The molecule has 1 heterocycles. The van der Waals surface area contributed by atoms with E-state index in [-0.39, 0.29) is 45.5 Å². The summed E-state index contributed by atoms with van der Waals surface area (Å²) in [5.41, 5.74) is 0.532. The van der Waals surface area contributed by atoms with Crippen LogP contribution >= 0.6 is 11.6 Å². The second kappa shape index (κ2) is 8.64. The van der Waals surface area contributed by atoms with Gasteiger partial charge in [0.15, 0.2) is 0 Å². The molecular weight excluding hydrogens is 448 g/mol. The summed E-state index contributed by atoms with van der Waals surface area (Å²) in [6.07, 6.45) is 0. The molecule has 0 aromatic heterocycles. The normalized spacial score (nSPS) is 16.4. The van der Waals surface area contributed by atoms with Crippen molar-refractivity contribution in [1.82, 2.24) is 5.32 Å². The molecule has 5 nitrogen and oxygen atoms in total. The molecule has 0 saturated carbocycles. The second-order valence-electron chi connectivity index (χ2n) is 6.82. The third-order valence-corrected chi connectivity index (χ3v) is 6.44. The smallest absolute Gasteiger partial charge is 0.251 e. The fraction of sp³-hybridized carbons (Fsp3) is 0.136. The van der Waals surface area contributed by atoms with Crippen molar-refractivity contribution in [1.29, 1.82) is 0 Å². The van der Waals surface area contributed by atoms with Crippen LogP contribution in [0.2, 0.25) is 5.02 Å². The van der Waals surface area contributed by atoms with Crippen molar-refractivity contribution >= 4 is 28.3 Å². The standard InChI is InChI=1S/C22H16ClF2NO4S/c23-16-8-12-9-20(21(16)27)31(29)11-13-7-15(18(25)10-17(13)24)14-3-1-2-4-19(14)30-6-5-26-22(12)28/h1-4,7-10,27H,5-6,11H2,(H,26,28). The van der Waals surface area contributed by atoms with Gasteiger partial charge in [-0.25, -0.2) is 8.78 Å². The number of carbonyl (C=O) groups excluding carboxylic acids is 1. The van der Waals surface area contributed by atoms with E-state index >= 15 is 0 Å². The molecule has 31 heavy (non-hydrogen) atoms. The van der Waals surface area contributed by atoms with Gasteiger partial charge < -0.3 is 15.2 Å². The topological polar surface area (TPSA) is 75.6 Å². The minimum atomic E-state index is -1.97. The summed E-state index contributed by atoms with van der Waals surface area (Å²) in [6, 6.07) is 11.1. The molecule has 0 spiro atoms. The Kier molecular flexibility index (Phi) is 5.93. The van der Waals surface area contributed by atoms with Gasteiger partial charge in [-0.2, -0.15) is 0 Å². The first-order chi connectivity index (χ1) is 14.8. The molecule has 0 saturated heterocycles. The highest BCUT2D eigenvalue weighted by Gasteiger charge is 2.21. The largest absolute Gasteiger partial charge is 0.505 e. The number of rotatable bonds is 0. The van der Waals surface area contributed by atoms with Crippen LogP contribution < -0.4 is 10.1 Å². The van der Waals surface area contributed by atoms with Crippen molar-refractivity contribution in [3.05, 3.63) is 76.3 Å². The van der Waals surface area contributed by atoms with Crippen LogP contribution in [-0.2, 0) is 16.6 Å². The van der Waals surface area contributed by atoms with E-state index in [1.54, 1.807) is 24.3 Å². The Hall–Kier alpha value is -2.97. The fourth-order valence-corrected chi connectivity index (χ4v) is 4.77. The third kappa shape index (κ3) is 4.26. The number of ether oxygens (including phenoxy) is 1. The van der Waals surface area contributed by atoms with Gasteiger partial charge in [-0.15, -0.1) is 0 Å². The van der Waals surface area contributed by atoms with Crippen LogP contribution in [-0.4, -0.2) is 28.4 Å². The van der Waals surface area contributed by atoms with E-state index < -0.39 is 34.1 Å². The summed E-state index contributed by atoms with van der Waals surface area (Å²) >= 11 is 6.01. The molecule has 3 aromatic rings. The molecule has 1 amide bonds. The number of hydrogen-bond donors (Lipinski definition) is 2. The number of phenols is 1. The predicted octanol–water partition coefficient (Wildman–Crippen LogP) is 4.42. The number of phenolic OH excluding ortho intramolecular Hbond substituents is 1. The molecule has 1 unspecified atom stereocenters. The summed E-state index contributed by atoms with van der Waals surface area (Å²) in [7, 11) is -1.97. The maximum Gasteiger partial charge on any atom is 0.251 e. The number of amides is 1. The van der Waals surface area contributed by atoms with Crippen LogP contribution in [0.1, 0.15) is 15.9 Å². The second-order valence-corrected chi connectivity index (χ2v) is 8.65. The van der Waals surface area contributed by atoms with Gasteiger partial charge in [-0.3, -0.25) is 9.00 Å². The van der Waals surface area contributed by atoms with Gasteiger partial charge in [0.05, 0.1) is 33.0 Å². The third-order valence-electron chi connectivity index (χ3n) is 4.78. The monoisotopic (exact) mass is 463 g/mol. The van der Waals surface area contributed by atoms with Gasteiger partial charge in [-0.05, 0) is 24.3 Å². The molecule has 2 N–H and O–H groups in total. The predicted molar refractivity (Wildman–Crippen MR) is 113 cm³/mol. The van der Waals surface area contributed by atoms with E-state index in [2.05, 4.69) is 5.32 Å². The van der Waals surface area contributed by atoms with Crippen molar-refractivity contribution in [3.63, 3.8) is 0 Å². The quantitative estimate of drug-likeness (QED) is 0.517. The van der Waals surface area contributed by atoms with Crippen LogP contribution in [0.5, 0.6) is 11.5 Å². The van der Waals surface area contributed by atoms with E-state index in [1.165, 1.54) is 18.2 Å². The first-order valence-corrected chi connectivity index (χ1v) is 10.9. The Morgan fingerprint density at radius 1 is 1.06 bits per heavy atom. The summed E-state index contributed by atoms with van der Waals surface area (Å²) in [5.74, 6) is -2.66. The van der Waals surface area contributed by atoms with Crippen LogP contribution in [0.15, 0.2) is 53.4 Å². The van der Waals surface area contributed by atoms with Crippen LogP contribution in [0.4, 0.5) is 8.78 Å². The molecule has 0 fully saturated rings. The van der Waals surface area contributed by atoms with Crippen LogP contribution in [0.3, 0.4) is 0 Å². The lowest BCUT2D eigenvalue weighted by Gasteiger charge is -2.14. The zero-order valence-electron chi connectivity index (χ0n) is 16.0. The first-order valence-electron chi connectivity index (χ1n) is 9.24. The van der Waals surface area contributed by atoms with Gasteiger partial charge in [0.1, 0.15) is 29.7 Å². The molecule has 1 aliphatic rings. The Morgan fingerprint density at radius 2 is 1.84 bits per heavy atom. The molecule has 160 valence electrons. The number of fused-ring (bicyclic) bond motifs is 6. The van der Waals surface area contributed by atoms with Crippen molar-refractivity contribution in [2.75, 3.05) is 13.2 Å². The Bertz CT molecular complexity index is 1220. The zero-order valence-corrected chi connectivity index (χ0v) is 17.5. The minimum Gasteiger partial charge on any atom is -0.505 e. The molecular formula is C22H16ClF2NO4S. The van der Waals surface area contributed by atoms with E-state index in [9.17, 15) is 22.9 Å². The van der Waals surface area contributed by atoms with Gasteiger partial charge >= 0.3 is 0 Å². The number of benzene rings is 3. The zero-order chi connectivity index (χ0) is 22.1. The molecule has 3 aromatic carbocycles. The summed E-state index contributed by atoms with van der Waals surface area (Å²) in [5, 5.41) is 12.7. The van der Waals surface area contributed by atoms with Crippen LogP contribution in [0.25, 0.3) is 11.1 Å². The van der Waals surface area contributed by atoms with E-state index in [1.807, 2.05) is 0 Å². The SMILES string of the molecule is O=C1NCCOc2ccccc2-c2cc(c(F)cc2F)CS(=O)c2cc1cc(Cl)c2O. The average molecular weight is 464 g/mol. The highest BCUT2D eigenvalue weighted by atomic mass is 35.5. The summed E-state index contributed by atoms with van der Waals surface area (Å²) in [4.78, 5) is 12.3. The summed E-state index contributed by atoms with van der Waals surface area (Å²) < 4.78 is 47.8. The number of carbonyl (C=O) groups is 1. The number of para-hydroxylation sites is 1.